The van der Waals surface area contributed by atoms with Gasteiger partial charge in [-0.25, -0.2) is 4.68 Å². The average molecular weight is 198 g/mol. The fourth-order valence-electron chi connectivity index (χ4n) is 1.96. The lowest BCUT2D eigenvalue weighted by Crippen LogP contribution is -2.19. The quantitative estimate of drug-likeness (QED) is 0.726. The predicted octanol–water partition coefficient (Wildman–Crippen LogP) is 1.80. The second kappa shape index (κ2) is 3.62. The van der Waals surface area contributed by atoms with Crippen LogP contribution in [-0.2, 0) is 6.54 Å². The highest BCUT2D eigenvalue weighted by atomic mass is 32.1. The molecule has 0 radical (unpaired) electrons. The molecule has 1 aliphatic rings. The van der Waals surface area contributed by atoms with E-state index in [0.717, 1.165) is 11.6 Å². The Morgan fingerprint density at radius 1 is 1.54 bits per heavy atom. The van der Waals surface area contributed by atoms with E-state index in [4.69, 9.17) is 0 Å². The molecule has 1 aliphatic carbocycles. The third-order valence-electron chi connectivity index (χ3n) is 2.61. The maximum atomic E-state index is 11.3. The van der Waals surface area contributed by atoms with Gasteiger partial charge in [-0.2, -0.15) is 5.10 Å². The summed E-state index contributed by atoms with van der Waals surface area (Å²) in [5, 5.41) is 5.07. The summed E-state index contributed by atoms with van der Waals surface area (Å²) in [5.74, 6) is 0.694. The van der Waals surface area contributed by atoms with Gasteiger partial charge in [-0.1, -0.05) is 24.2 Å². The molecule has 1 aromatic rings. The minimum atomic E-state index is 0.101. The van der Waals surface area contributed by atoms with E-state index >= 15 is 0 Å². The Kier molecular flexibility index (Phi) is 2.49. The third-order valence-corrected chi connectivity index (χ3v) is 3.38. The smallest absolute Gasteiger partial charge is 0.255 e. The summed E-state index contributed by atoms with van der Waals surface area (Å²) in [6, 6.07) is 0. The highest BCUT2D eigenvalue weighted by Crippen LogP contribution is 2.25. The number of aromatic nitrogens is 2. The monoisotopic (exact) mass is 198 g/mol. The molecule has 0 saturated heterocycles. The van der Waals surface area contributed by atoms with Crippen LogP contribution in [0.4, 0.5) is 0 Å². The Bertz CT molecular complexity index is 336. The van der Waals surface area contributed by atoms with Crippen molar-refractivity contribution in [3.05, 3.63) is 14.7 Å². The minimum absolute atomic E-state index is 0.101. The molecule has 1 fully saturated rings. The van der Waals surface area contributed by atoms with Crippen LogP contribution in [-0.4, -0.2) is 9.78 Å². The standard InChI is InChI=1S/C9H14N2OS/c1-7-10-11(9(12)13-7)6-8-4-2-3-5-8/h8H,2-6H2,1H3. The van der Waals surface area contributed by atoms with Crippen LogP contribution in [0, 0.1) is 12.8 Å². The molecule has 0 bridgehead atoms. The van der Waals surface area contributed by atoms with E-state index in [0.29, 0.717) is 5.92 Å². The number of rotatable bonds is 2. The fourth-order valence-corrected chi connectivity index (χ4v) is 2.58. The van der Waals surface area contributed by atoms with Crippen LogP contribution < -0.4 is 4.87 Å². The predicted molar refractivity (Wildman–Crippen MR) is 53.1 cm³/mol. The summed E-state index contributed by atoms with van der Waals surface area (Å²) in [5.41, 5.74) is 0. The van der Waals surface area contributed by atoms with Gasteiger partial charge in [0.25, 0.3) is 0 Å². The summed E-state index contributed by atoms with van der Waals surface area (Å²) in [6.07, 6.45) is 5.18. The zero-order valence-electron chi connectivity index (χ0n) is 7.82. The molecule has 4 heteroatoms. The van der Waals surface area contributed by atoms with Crippen molar-refractivity contribution in [3.8, 4) is 0 Å². The molecule has 13 heavy (non-hydrogen) atoms. The largest absolute Gasteiger partial charge is 0.325 e. The van der Waals surface area contributed by atoms with Crippen LogP contribution in [0.1, 0.15) is 30.7 Å². The van der Waals surface area contributed by atoms with Crippen molar-refractivity contribution in [1.82, 2.24) is 9.78 Å². The average Bonchev–Trinajstić information content (AvgIpc) is 2.63. The molecule has 3 nitrogen and oxygen atoms in total. The Balaban J connectivity index is 2.08. The summed E-state index contributed by atoms with van der Waals surface area (Å²) in [6.45, 7) is 2.72. The summed E-state index contributed by atoms with van der Waals surface area (Å²) >= 11 is 1.25. The lowest BCUT2D eigenvalue weighted by atomic mass is 10.1. The third kappa shape index (κ3) is 1.99. The number of nitrogens with zero attached hydrogens (tertiary/aromatic N) is 2. The first kappa shape index (κ1) is 8.94. The summed E-state index contributed by atoms with van der Waals surface area (Å²) in [7, 11) is 0. The summed E-state index contributed by atoms with van der Waals surface area (Å²) < 4.78 is 1.63. The minimum Gasteiger partial charge on any atom is -0.255 e. The van der Waals surface area contributed by atoms with Gasteiger partial charge in [-0.05, 0) is 25.7 Å². The van der Waals surface area contributed by atoms with Crippen LogP contribution in [0.3, 0.4) is 0 Å². The molecule has 0 unspecified atom stereocenters. The first-order valence-electron chi connectivity index (χ1n) is 4.80. The van der Waals surface area contributed by atoms with Gasteiger partial charge in [0.1, 0.15) is 5.01 Å². The summed E-state index contributed by atoms with van der Waals surface area (Å²) in [4.78, 5) is 11.4. The van der Waals surface area contributed by atoms with E-state index in [2.05, 4.69) is 5.10 Å². The number of hydrogen-bond donors (Lipinski definition) is 0. The van der Waals surface area contributed by atoms with Crippen molar-refractivity contribution in [2.24, 2.45) is 5.92 Å². The van der Waals surface area contributed by atoms with E-state index in [1.54, 1.807) is 4.68 Å². The fraction of sp³-hybridized carbons (Fsp3) is 0.778. The Morgan fingerprint density at radius 2 is 2.23 bits per heavy atom. The van der Waals surface area contributed by atoms with E-state index in [9.17, 15) is 4.79 Å². The van der Waals surface area contributed by atoms with Crippen molar-refractivity contribution in [2.75, 3.05) is 0 Å². The van der Waals surface area contributed by atoms with Crippen LogP contribution >= 0.6 is 11.3 Å². The second-order valence-electron chi connectivity index (χ2n) is 3.72. The molecule has 1 aromatic heterocycles. The molecular formula is C9H14N2OS. The van der Waals surface area contributed by atoms with Gasteiger partial charge in [0.05, 0.1) is 0 Å². The van der Waals surface area contributed by atoms with Crippen molar-refractivity contribution in [1.29, 1.82) is 0 Å². The molecular weight excluding hydrogens is 184 g/mol. The first-order chi connectivity index (χ1) is 6.25. The van der Waals surface area contributed by atoms with Crippen molar-refractivity contribution >= 4 is 11.3 Å². The van der Waals surface area contributed by atoms with Gasteiger partial charge in [-0.15, -0.1) is 0 Å². The first-order valence-corrected chi connectivity index (χ1v) is 5.62. The Labute approximate surface area is 81.4 Å². The molecule has 0 atom stereocenters. The molecule has 0 aromatic carbocycles. The SMILES string of the molecule is Cc1nn(CC2CCCC2)c(=O)s1. The van der Waals surface area contributed by atoms with Gasteiger partial charge in [0, 0.05) is 6.54 Å². The molecule has 72 valence electrons. The molecule has 0 amide bonds. The van der Waals surface area contributed by atoms with E-state index in [1.165, 1.54) is 37.0 Å². The Hall–Kier alpha value is -0.640. The molecule has 1 saturated carbocycles. The van der Waals surface area contributed by atoms with Gasteiger partial charge in [0.2, 0.25) is 0 Å². The van der Waals surface area contributed by atoms with Gasteiger partial charge in [0.15, 0.2) is 0 Å². The normalized spacial score (nSPS) is 18.2. The maximum Gasteiger partial charge on any atom is 0.325 e. The van der Waals surface area contributed by atoms with Gasteiger partial charge >= 0.3 is 4.87 Å². The zero-order valence-corrected chi connectivity index (χ0v) is 8.64. The highest BCUT2D eigenvalue weighted by Gasteiger charge is 2.17. The highest BCUT2D eigenvalue weighted by molar-refractivity contribution is 7.08. The van der Waals surface area contributed by atoms with E-state index < -0.39 is 0 Å². The van der Waals surface area contributed by atoms with Crippen molar-refractivity contribution in [2.45, 2.75) is 39.2 Å². The maximum absolute atomic E-state index is 11.3. The van der Waals surface area contributed by atoms with Crippen LogP contribution in [0.5, 0.6) is 0 Å². The van der Waals surface area contributed by atoms with E-state index in [-0.39, 0.29) is 4.87 Å². The van der Waals surface area contributed by atoms with Crippen LogP contribution in [0.15, 0.2) is 4.79 Å². The number of aryl methyl sites for hydroxylation is 1. The van der Waals surface area contributed by atoms with Crippen LogP contribution in [0.25, 0.3) is 0 Å². The van der Waals surface area contributed by atoms with E-state index in [1.807, 2.05) is 6.92 Å². The molecule has 0 aliphatic heterocycles. The molecule has 0 N–H and O–H groups in total. The van der Waals surface area contributed by atoms with Gasteiger partial charge in [-0.3, -0.25) is 4.79 Å². The second-order valence-corrected chi connectivity index (χ2v) is 4.86. The molecule has 2 rings (SSSR count). The van der Waals surface area contributed by atoms with Crippen LogP contribution in [0.2, 0.25) is 0 Å². The lowest BCUT2D eigenvalue weighted by molar-refractivity contribution is 0.421. The van der Waals surface area contributed by atoms with Crippen molar-refractivity contribution in [3.63, 3.8) is 0 Å². The molecule has 1 heterocycles. The number of hydrogen-bond acceptors (Lipinski definition) is 3. The Morgan fingerprint density at radius 3 is 2.77 bits per heavy atom. The van der Waals surface area contributed by atoms with Gasteiger partial charge < -0.3 is 0 Å². The lowest BCUT2D eigenvalue weighted by Gasteiger charge is -2.06. The molecule has 0 spiro atoms. The topological polar surface area (TPSA) is 34.9 Å². The van der Waals surface area contributed by atoms with Crippen molar-refractivity contribution < 1.29 is 0 Å². The zero-order chi connectivity index (χ0) is 9.26.